The van der Waals surface area contributed by atoms with Crippen molar-refractivity contribution in [2.24, 2.45) is 0 Å². The summed E-state index contributed by atoms with van der Waals surface area (Å²) in [6.07, 6.45) is 0. The lowest BCUT2D eigenvalue weighted by atomic mass is 9.95. The van der Waals surface area contributed by atoms with Crippen LogP contribution in [0.2, 0.25) is 13.1 Å². The van der Waals surface area contributed by atoms with Gasteiger partial charge >= 0.3 is 0 Å². The van der Waals surface area contributed by atoms with Gasteiger partial charge in [-0.3, -0.25) is 0 Å². The first-order chi connectivity index (χ1) is 25.0. The van der Waals surface area contributed by atoms with Crippen molar-refractivity contribution in [1.29, 1.82) is 0 Å². The van der Waals surface area contributed by atoms with E-state index in [1.165, 1.54) is 50.1 Å². The number of rotatable bonds is 6. The molecule has 51 heavy (non-hydrogen) atoms. The van der Waals surface area contributed by atoms with Gasteiger partial charge < -0.3 is 0 Å². The van der Waals surface area contributed by atoms with Crippen LogP contribution in [0, 0.1) is 0 Å². The van der Waals surface area contributed by atoms with Crippen molar-refractivity contribution < 1.29 is 0 Å². The predicted octanol–water partition coefficient (Wildman–Crippen LogP) is 11.9. The third-order valence-electron chi connectivity index (χ3n) is 10.5. The van der Waals surface area contributed by atoms with E-state index in [-0.39, 0.29) is 0 Å². The molecule has 1 aliphatic heterocycles. The van der Waals surface area contributed by atoms with Crippen LogP contribution in [0.3, 0.4) is 0 Å². The van der Waals surface area contributed by atoms with Gasteiger partial charge in [0.15, 0.2) is 0 Å². The molecule has 8 aromatic rings. The summed E-state index contributed by atoms with van der Waals surface area (Å²) in [5.41, 5.74) is 16.7. The van der Waals surface area contributed by atoms with Crippen LogP contribution in [0.25, 0.3) is 78.1 Å². The smallest absolute Gasteiger partial charge is 0.113 e. The zero-order valence-electron chi connectivity index (χ0n) is 28.8. The van der Waals surface area contributed by atoms with Crippen LogP contribution in [0.4, 0.5) is 0 Å². The molecule has 0 spiro atoms. The quantitative estimate of drug-likeness (QED) is 0.161. The summed E-state index contributed by atoms with van der Waals surface area (Å²) >= 11 is 0. The molecule has 2 heterocycles. The summed E-state index contributed by atoms with van der Waals surface area (Å²) in [5, 5.41) is 3.09. The lowest BCUT2D eigenvalue weighted by molar-refractivity contribution is 1.32. The van der Waals surface area contributed by atoms with Gasteiger partial charge in [-0.2, -0.15) is 0 Å². The maximum atomic E-state index is 5.17. The van der Waals surface area contributed by atoms with Gasteiger partial charge in [0.2, 0.25) is 0 Å². The predicted molar refractivity (Wildman–Crippen MR) is 219 cm³/mol. The molecule has 0 radical (unpaired) electrons. The molecule has 242 valence electrons. The van der Waals surface area contributed by atoms with Crippen LogP contribution in [-0.2, 0) is 0 Å². The van der Waals surface area contributed by atoms with Gasteiger partial charge in [0.25, 0.3) is 0 Å². The molecule has 0 N–H and O–H groups in total. The van der Waals surface area contributed by atoms with Crippen molar-refractivity contribution in [2.45, 2.75) is 13.1 Å². The molecule has 0 amide bonds. The minimum absolute atomic E-state index is 0.963. The highest BCUT2D eigenvalue weighted by Crippen LogP contribution is 2.35. The van der Waals surface area contributed by atoms with Crippen molar-refractivity contribution >= 4 is 18.4 Å². The summed E-state index contributed by atoms with van der Waals surface area (Å²) in [7, 11) is -1.71. The summed E-state index contributed by atoms with van der Waals surface area (Å²) in [5.74, 6) is 0. The molecule has 0 fully saturated rings. The Kier molecular flexibility index (Phi) is 7.68. The minimum Gasteiger partial charge on any atom is -0.248 e. The van der Waals surface area contributed by atoms with Gasteiger partial charge in [0, 0.05) is 11.1 Å². The number of fused-ring (bicyclic) bond motifs is 3. The zero-order chi connectivity index (χ0) is 34.4. The van der Waals surface area contributed by atoms with E-state index < -0.39 is 8.07 Å². The highest BCUT2D eigenvalue weighted by Gasteiger charge is 2.37. The molecule has 0 unspecified atom stereocenters. The highest BCUT2D eigenvalue weighted by atomic mass is 28.3. The van der Waals surface area contributed by atoms with E-state index in [1.807, 2.05) is 0 Å². The SMILES string of the molecule is C[Si]1(C)c2ccccc2-c2ccc(-c3ccc(-c4ccc(-c5cc(-c6ccccc6)nc(-c6cccc(-c7ccccc7)c6)c5)cc4)cc3)cc21. The first kappa shape index (κ1) is 30.9. The van der Waals surface area contributed by atoms with Crippen LogP contribution in [0.5, 0.6) is 0 Å². The van der Waals surface area contributed by atoms with Crippen molar-refractivity contribution in [1.82, 2.24) is 4.98 Å². The van der Waals surface area contributed by atoms with Crippen molar-refractivity contribution in [2.75, 3.05) is 0 Å². The Hall–Kier alpha value is -6.09. The number of benzene rings is 7. The fraction of sp³-hybridized carbons (Fsp3) is 0.0408. The standard InChI is InChI=1S/C49H37NSi/c1-51(2)48-19-10-9-18-44(48)45-29-28-41(33-49(45)51)37-24-20-35(21-25-37)36-22-26-38(27-23-36)43-31-46(39-14-7-4-8-15-39)50-47(32-43)42-17-11-16-40(30-42)34-12-5-3-6-13-34/h3-33H,1-2H3. The molecule has 0 saturated carbocycles. The second kappa shape index (κ2) is 12.7. The van der Waals surface area contributed by atoms with Gasteiger partial charge in [0.1, 0.15) is 8.07 Å². The van der Waals surface area contributed by atoms with E-state index in [4.69, 9.17) is 4.98 Å². The second-order valence-corrected chi connectivity index (χ2v) is 18.4. The van der Waals surface area contributed by atoms with Gasteiger partial charge in [-0.1, -0.05) is 183 Å². The Morgan fingerprint density at radius 2 is 0.725 bits per heavy atom. The maximum Gasteiger partial charge on any atom is 0.113 e. The van der Waals surface area contributed by atoms with Crippen LogP contribution in [0.15, 0.2) is 188 Å². The van der Waals surface area contributed by atoms with Crippen molar-refractivity contribution in [3.05, 3.63) is 188 Å². The van der Waals surface area contributed by atoms with E-state index in [2.05, 4.69) is 201 Å². The number of pyridine rings is 1. The molecular weight excluding hydrogens is 631 g/mol. The monoisotopic (exact) mass is 667 g/mol. The van der Waals surface area contributed by atoms with E-state index in [1.54, 1.807) is 10.4 Å². The summed E-state index contributed by atoms with van der Waals surface area (Å²) < 4.78 is 0. The molecule has 0 atom stereocenters. The third-order valence-corrected chi connectivity index (χ3v) is 14.1. The van der Waals surface area contributed by atoms with E-state index in [0.29, 0.717) is 0 Å². The topological polar surface area (TPSA) is 12.9 Å². The first-order valence-electron chi connectivity index (χ1n) is 17.7. The fourth-order valence-electron chi connectivity index (χ4n) is 7.68. The number of nitrogens with zero attached hydrogens (tertiary/aromatic N) is 1. The number of aromatic nitrogens is 1. The lowest BCUT2D eigenvalue weighted by Gasteiger charge is -2.19. The van der Waals surface area contributed by atoms with Gasteiger partial charge in [-0.15, -0.1) is 0 Å². The number of hydrogen-bond acceptors (Lipinski definition) is 1. The normalized spacial score (nSPS) is 12.7. The summed E-state index contributed by atoms with van der Waals surface area (Å²) in [6, 6.07) is 68.2. The minimum atomic E-state index is -1.71. The molecule has 2 heteroatoms. The van der Waals surface area contributed by atoms with Crippen LogP contribution in [0.1, 0.15) is 0 Å². The molecular formula is C49H37NSi. The Bertz CT molecular complexity index is 2520. The summed E-state index contributed by atoms with van der Waals surface area (Å²) in [6.45, 7) is 4.96. The molecule has 0 bridgehead atoms. The van der Waals surface area contributed by atoms with Crippen LogP contribution >= 0.6 is 0 Å². The molecule has 1 nitrogen and oxygen atoms in total. The highest BCUT2D eigenvalue weighted by molar-refractivity contribution is 7.03. The van der Waals surface area contributed by atoms with Gasteiger partial charge in [-0.05, 0) is 84.2 Å². The molecule has 0 aliphatic carbocycles. The molecule has 0 saturated heterocycles. The molecule has 1 aromatic heterocycles. The van der Waals surface area contributed by atoms with Crippen LogP contribution in [-0.4, -0.2) is 13.1 Å². The Morgan fingerprint density at radius 1 is 0.294 bits per heavy atom. The fourth-order valence-corrected chi connectivity index (χ4v) is 10.8. The van der Waals surface area contributed by atoms with E-state index >= 15 is 0 Å². The maximum absolute atomic E-state index is 5.17. The zero-order valence-corrected chi connectivity index (χ0v) is 29.8. The molecule has 1 aliphatic rings. The van der Waals surface area contributed by atoms with Crippen molar-refractivity contribution in [3.63, 3.8) is 0 Å². The second-order valence-electron chi connectivity index (χ2n) is 14.0. The average Bonchev–Trinajstić information content (AvgIpc) is 3.44. The third kappa shape index (κ3) is 5.74. The largest absolute Gasteiger partial charge is 0.248 e. The van der Waals surface area contributed by atoms with Crippen molar-refractivity contribution in [3.8, 4) is 78.1 Å². The molecule has 9 rings (SSSR count). The van der Waals surface area contributed by atoms with E-state index in [9.17, 15) is 0 Å². The first-order valence-corrected chi connectivity index (χ1v) is 20.7. The van der Waals surface area contributed by atoms with E-state index in [0.717, 1.165) is 28.1 Å². The van der Waals surface area contributed by atoms with Gasteiger partial charge in [0.05, 0.1) is 11.4 Å². The van der Waals surface area contributed by atoms with Gasteiger partial charge in [-0.25, -0.2) is 4.98 Å². The summed E-state index contributed by atoms with van der Waals surface area (Å²) in [4.78, 5) is 5.17. The van der Waals surface area contributed by atoms with Crippen LogP contribution < -0.4 is 10.4 Å². The average molecular weight is 668 g/mol. The Morgan fingerprint density at radius 3 is 1.39 bits per heavy atom. The Balaban J connectivity index is 1.02. The Labute approximate surface area is 301 Å². The molecule has 7 aromatic carbocycles. The number of hydrogen-bond donors (Lipinski definition) is 0. The lowest BCUT2D eigenvalue weighted by Crippen LogP contribution is -2.49.